The van der Waals surface area contributed by atoms with Crippen LogP contribution >= 0.6 is 0 Å². The Hall–Kier alpha value is -7.43. The molecule has 258 valence electrons. The summed E-state index contributed by atoms with van der Waals surface area (Å²) in [7, 11) is 0. The number of para-hydroxylation sites is 2. The van der Waals surface area contributed by atoms with Crippen LogP contribution in [0.3, 0.4) is 0 Å². The van der Waals surface area contributed by atoms with Crippen molar-refractivity contribution in [3.8, 4) is 28.3 Å². The van der Waals surface area contributed by atoms with Crippen molar-refractivity contribution in [3.05, 3.63) is 200 Å². The van der Waals surface area contributed by atoms with E-state index in [1.54, 1.807) is 0 Å². The first-order chi connectivity index (χ1) is 27.3. The second-order valence-corrected chi connectivity index (χ2v) is 14.0. The molecule has 9 aromatic carbocycles. The van der Waals surface area contributed by atoms with Gasteiger partial charge in [0.1, 0.15) is 5.52 Å². The van der Waals surface area contributed by atoms with Gasteiger partial charge in [-0.1, -0.05) is 121 Å². The molecule has 0 radical (unpaired) electrons. The van der Waals surface area contributed by atoms with E-state index in [0.29, 0.717) is 5.89 Å². The van der Waals surface area contributed by atoms with Gasteiger partial charge in [0, 0.05) is 45.2 Å². The molecule has 0 amide bonds. The van der Waals surface area contributed by atoms with E-state index >= 15 is 0 Å². The van der Waals surface area contributed by atoms with Crippen LogP contribution in [0.5, 0.6) is 0 Å². The molecular formula is C51H33N3O. The minimum atomic E-state index is 0.613. The fourth-order valence-electron chi connectivity index (χ4n) is 8.27. The third-order valence-electron chi connectivity index (χ3n) is 10.8. The maximum absolute atomic E-state index is 6.42. The fraction of sp³-hybridized carbons (Fsp3) is 0. The summed E-state index contributed by atoms with van der Waals surface area (Å²) in [6, 6.07) is 71.1. The highest BCUT2D eigenvalue weighted by Gasteiger charge is 2.19. The summed E-state index contributed by atoms with van der Waals surface area (Å²) in [6.07, 6.45) is 0. The molecule has 11 aromatic rings. The van der Waals surface area contributed by atoms with Gasteiger partial charge >= 0.3 is 0 Å². The lowest BCUT2D eigenvalue weighted by Crippen LogP contribution is -2.10. The van der Waals surface area contributed by atoms with Crippen molar-refractivity contribution in [2.75, 3.05) is 4.90 Å². The zero-order valence-corrected chi connectivity index (χ0v) is 29.8. The highest BCUT2D eigenvalue weighted by molar-refractivity contribution is 6.21. The van der Waals surface area contributed by atoms with Gasteiger partial charge in [0.2, 0.25) is 5.89 Å². The average Bonchev–Trinajstić information content (AvgIpc) is 3.84. The second-order valence-electron chi connectivity index (χ2n) is 14.0. The maximum Gasteiger partial charge on any atom is 0.227 e. The molecule has 11 rings (SSSR count). The van der Waals surface area contributed by atoms with Crippen molar-refractivity contribution < 1.29 is 4.42 Å². The fourth-order valence-corrected chi connectivity index (χ4v) is 8.27. The molecule has 55 heavy (non-hydrogen) atoms. The van der Waals surface area contributed by atoms with Crippen LogP contribution in [0, 0.1) is 0 Å². The van der Waals surface area contributed by atoms with Crippen LogP contribution in [0.4, 0.5) is 17.1 Å². The zero-order valence-electron chi connectivity index (χ0n) is 29.8. The summed E-state index contributed by atoms with van der Waals surface area (Å²) in [5.41, 5.74) is 11.5. The van der Waals surface area contributed by atoms with Crippen LogP contribution in [0.1, 0.15) is 0 Å². The van der Waals surface area contributed by atoms with E-state index in [4.69, 9.17) is 9.40 Å². The summed E-state index contributed by atoms with van der Waals surface area (Å²) in [4.78, 5) is 7.17. The topological polar surface area (TPSA) is 34.2 Å². The highest BCUT2D eigenvalue weighted by atomic mass is 16.3. The number of hydrogen-bond donors (Lipinski definition) is 0. The molecule has 0 fully saturated rings. The van der Waals surface area contributed by atoms with E-state index in [1.807, 2.05) is 30.3 Å². The molecule has 4 nitrogen and oxygen atoms in total. The first-order valence-corrected chi connectivity index (χ1v) is 18.6. The Kier molecular flexibility index (Phi) is 7.14. The van der Waals surface area contributed by atoms with Gasteiger partial charge in [-0.25, -0.2) is 4.98 Å². The number of hydrogen-bond acceptors (Lipinski definition) is 3. The number of anilines is 3. The van der Waals surface area contributed by atoms with E-state index in [0.717, 1.165) is 45.0 Å². The molecule has 0 saturated carbocycles. The molecule has 0 unspecified atom stereocenters. The minimum Gasteiger partial charge on any atom is -0.436 e. The van der Waals surface area contributed by atoms with Crippen molar-refractivity contribution in [2.45, 2.75) is 0 Å². The second kappa shape index (κ2) is 12.6. The monoisotopic (exact) mass is 703 g/mol. The van der Waals surface area contributed by atoms with Gasteiger partial charge in [-0.05, 0) is 105 Å². The van der Waals surface area contributed by atoms with Gasteiger partial charge in [-0.2, -0.15) is 0 Å². The number of oxazole rings is 1. The zero-order chi connectivity index (χ0) is 36.3. The molecule has 0 bridgehead atoms. The minimum absolute atomic E-state index is 0.613. The summed E-state index contributed by atoms with van der Waals surface area (Å²) in [6.45, 7) is 0. The standard InChI is InChI=1S/C51H33N3O/c1-3-14-35(15-4-1)51-52-46-29-27-41(33-49(46)55-51)53(39-20-11-17-36(31-39)43-23-12-16-34-13-7-8-21-42(34)43)40-26-28-44-37(32-40)25-30-48-50(44)45-22-9-10-24-47(45)54(48)38-18-5-2-6-19-38/h1-33H. The molecule has 0 saturated heterocycles. The third-order valence-corrected chi connectivity index (χ3v) is 10.8. The van der Waals surface area contributed by atoms with Gasteiger partial charge in [-0.15, -0.1) is 0 Å². The van der Waals surface area contributed by atoms with Crippen molar-refractivity contribution in [2.24, 2.45) is 0 Å². The van der Waals surface area contributed by atoms with E-state index in [9.17, 15) is 0 Å². The Labute approximate surface area is 317 Å². The maximum atomic E-state index is 6.42. The largest absolute Gasteiger partial charge is 0.436 e. The number of fused-ring (bicyclic) bond motifs is 7. The molecule has 0 aliphatic rings. The van der Waals surface area contributed by atoms with E-state index in [1.165, 1.54) is 48.9 Å². The van der Waals surface area contributed by atoms with Crippen LogP contribution in [0.15, 0.2) is 205 Å². The first kappa shape index (κ1) is 31.1. The number of aromatic nitrogens is 2. The normalized spacial score (nSPS) is 11.6. The molecule has 0 atom stereocenters. The smallest absolute Gasteiger partial charge is 0.227 e. The lowest BCUT2D eigenvalue weighted by molar-refractivity contribution is 0.620. The molecule has 0 spiro atoms. The van der Waals surface area contributed by atoms with Crippen LogP contribution in [-0.4, -0.2) is 9.55 Å². The van der Waals surface area contributed by atoms with Crippen LogP contribution in [-0.2, 0) is 0 Å². The Morgan fingerprint density at radius 2 is 1.13 bits per heavy atom. The first-order valence-electron chi connectivity index (χ1n) is 18.6. The van der Waals surface area contributed by atoms with E-state index in [-0.39, 0.29) is 0 Å². The third kappa shape index (κ3) is 5.19. The van der Waals surface area contributed by atoms with Crippen LogP contribution < -0.4 is 4.90 Å². The van der Waals surface area contributed by atoms with Crippen LogP contribution in [0.25, 0.3) is 82.7 Å². The van der Waals surface area contributed by atoms with Crippen molar-refractivity contribution in [1.29, 1.82) is 0 Å². The Morgan fingerprint density at radius 3 is 2.02 bits per heavy atom. The molecule has 0 aliphatic heterocycles. The summed E-state index contributed by atoms with van der Waals surface area (Å²) < 4.78 is 8.79. The van der Waals surface area contributed by atoms with Crippen molar-refractivity contribution in [1.82, 2.24) is 9.55 Å². The predicted molar refractivity (Wildman–Crippen MR) is 229 cm³/mol. The van der Waals surface area contributed by atoms with Gasteiger partial charge < -0.3 is 13.9 Å². The quantitative estimate of drug-likeness (QED) is 0.173. The van der Waals surface area contributed by atoms with E-state index in [2.05, 4.69) is 179 Å². The number of benzene rings is 9. The lowest BCUT2D eigenvalue weighted by Gasteiger charge is -2.26. The number of nitrogens with zero attached hydrogens (tertiary/aromatic N) is 3. The molecule has 0 N–H and O–H groups in total. The van der Waals surface area contributed by atoms with Gasteiger partial charge in [0.05, 0.1) is 11.0 Å². The van der Waals surface area contributed by atoms with Crippen molar-refractivity contribution >= 4 is 71.5 Å². The molecular weight excluding hydrogens is 671 g/mol. The average molecular weight is 704 g/mol. The lowest BCUT2D eigenvalue weighted by atomic mass is 9.97. The van der Waals surface area contributed by atoms with E-state index < -0.39 is 0 Å². The Bertz CT molecular complexity index is 3210. The van der Waals surface area contributed by atoms with Crippen molar-refractivity contribution in [3.63, 3.8) is 0 Å². The Morgan fingerprint density at radius 1 is 0.436 bits per heavy atom. The SMILES string of the molecule is c1ccc(-c2nc3ccc(N(c4cccc(-c5cccc6ccccc56)c4)c4ccc5c(ccc6c5c5ccccc5n6-c5ccccc5)c4)cc3o2)cc1. The van der Waals surface area contributed by atoms with Gasteiger partial charge in [0.15, 0.2) is 5.58 Å². The molecule has 2 heterocycles. The predicted octanol–water partition coefficient (Wildman–Crippen LogP) is 14.0. The number of rotatable bonds is 6. The molecule has 0 aliphatic carbocycles. The summed E-state index contributed by atoms with van der Waals surface area (Å²) >= 11 is 0. The molecule has 4 heteroatoms. The van der Waals surface area contributed by atoms with Gasteiger partial charge in [0.25, 0.3) is 0 Å². The highest BCUT2D eigenvalue weighted by Crippen LogP contribution is 2.43. The summed E-state index contributed by atoms with van der Waals surface area (Å²) in [5.74, 6) is 0.613. The van der Waals surface area contributed by atoms with Gasteiger partial charge in [-0.3, -0.25) is 0 Å². The summed E-state index contributed by atoms with van der Waals surface area (Å²) in [5, 5.41) is 7.34. The Balaban J connectivity index is 1.11. The molecule has 2 aromatic heterocycles. The van der Waals surface area contributed by atoms with Crippen LogP contribution in [0.2, 0.25) is 0 Å².